The maximum atomic E-state index is 5.60. The normalized spacial score (nSPS) is 19.0. The molecule has 1 aromatic carbocycles. The zero-order valence-corrected chi connectivity index (χ0v) is 11.9. The second kappa shape index (κ2) is 7.64. The summed E-state index contributed by atoms with van der Waals surface area (Å²) in [6.45, 7) is 1.70. The molecule has 1 aromatic rings. The zero-order chi connectivity index (χ0) is 11.1. The van der Waals surface area contributed by atoms with Crippen LogP contribution >= 0.6 is 18.8 Å². The maximum absolute atomic E-state index is 5.60. The van der Waals surface area contributed by atoms with Gasteiger partial charge in [0, 0.05) is 19.1 Å². The van der Waals surface area contributed by atoms with E-state index in [4.69, 9.17) is 24.6 Å². The Morgan fingerprint density at radius 1 is 1.33 bits per heavy atom. The molecule has 1 aliphatic rings. The average molecular weight is 428 g/mol. The quantitative estimate of drug-likeness (QED) is 0.719. The van der Waals surface area contributed by atoms with Crippen LogP contribution in [0.25, 0.3) is 0 Å². The number of hydrogen-bond donors (Lipinski definition) is 2. The van der Waals surface area contributed by atoms with Crippen LogP contribution in [0.3, 0.4) is 0 Å². The van der Waals surface area contributed by atoms with Gasteiger partial charge in [0.25, 0.3) is 0 Å². The number of halogens is 2. The number of nitrogens with two attached hydrogens (primary N) is 1. The fraction of sp³-hybridized carbons (Fsp3) is 0.400. The Bertz CT molecular complexity index is 297. The van der Waals surface area contributed by atoms with Crippen LogP contribution in [0, 0.1) is 0 Å². The molecule has 5 heteroatoms. The number of rotatable bonds is 1. The van der Waals surface area contributed by atoms with Gasteiger partial charge in [-0.2, -0.15) is 0 Å². The van der Waals surface area contributed by atoms with E-state index in [1.807, 2.05) is 0 Å². The van der Waals surface area contributed by atoms with Crippen LogP contribution in [-0.2, 0) is 29.4 Å². The third-order valence-electron chi connectivity index (χ3n) is 2.45. The molecule has 0 radical (unpaired) electrons. The van der Waals surface area contributed by atoms with Crippen molar-refractivity contribution in [3.8, 4) is 0 Å². The van der Waals surface area contributed by atoms with Gasteiger partial charge in [0.1, 0.15) is 0 Å². The van der Waals surface area contributed by atoms with Crippen LogP contribution in [-0.4, -0.2) is 12.6 Å². The van der Waals surface area contributed by atoms with Gasteiger partial charge < -0.3 is 11.1 Å². The summed E-state index contributed by atoms with van der Waals surface area (Å²) in [7, 11) is 9.75. The van der Waals surface area contributed by atoms with Crippen molar-refractivity contribution in [2.24, 2.45) is 5.73 Å². The van der Waals surface area contributed by atoms with Gasteiger partial charge in [-0.15, -0.1) is 0 Å². The molecule has 0 fully saturated rings. The molecule has 3 N–H and O–H groups in total. The van der Waals surface area contributed by atoms with E-state index in [2.05, 4.69) is 29.6 Å². The number of fused-ring (bicyclic) bond motifs is 1. The zero-order valence-electron chi connectivity index (χ0n) is 8.16. The van der Waals surface area contributed by atoms with E-state index >= 15 is 0 Å². The van der Waals surface area contributed by atoms with E-state index < -0.39 is 16.5 Å². The molecule has 0 aromatic heterocycles. The molecular formula is C10H14Cl2N2Pt. The molecule has 88 valence electrons. The fourth-order valence-corrected chi connectivity index (χ4v) is 1.69. The van der Waals surface area contributed by atoms with E-state index in [1.54, 1.807) is 0 Å². The van der Waals surface area contributed by atoms with Crippen LogP contribution in [0.15, 0.2) is 24.3 Å². The number of benzene rings is 1. The van der Waals surface area contributed by atoms with Crippen molar-refractivity contribution in [1.29, 1.82) is 0 Å². The SMILES string of the molecule is NCC1Cc2ccccc2CN1.[Cl][Pt][Cl]. The molecule has 1 atom stereocenters. The first kappa shape index (κ1) is 13.5. The van der Waals surface area contributed by atoms with E-state index in [0.29, 0.717) is 6.04 Å². The Morgan fingerprint density at radius 3 is 2.53 bits per heavy atom. The first-order valence-electron chi connectivity index (χ1n) is 4.64. The molecule has 15 heavy (non-hydrogen) atoms. The fourth-order valence-electron chi connectivity index (χ4n) is 1.69. The summed E-state index contributed by atoms with van der Waals surface area (Å²) in [5.74, 6) is 0. The van der Waals surface area contributed by atoms with Crippen molar-refractivity contribution in [2.45, 2.75) is 19.0 Å². The second-order valence-electron chi connectivity index (χ2n) is 3.33. The van der Waals surface area contributed by atoms with Crippen molar-refractivity contribution >= 4 is 18.8 Å². The van der Waals surface area contributed by atoms with Crippen molar-refractivity contribution in [3.05, 3.63) is 35.4 Å². The Labute approximate surface area is 107 Å². The van der Waals surface area contributed by atoms with Crippen LogP contribution < -0.4 is 11.1 Å². The summed E-state index contributed by atoms with van der Waals surface area (Å²) < 4.78 is 0. The molecule has 0 saturated heterocycles. The predicted molar refractivity (Wildman–Crippen MR) is 61.5 cm³/mol. The number of hydrogen-bond acceptors (Lipinski definition) is 2. The minimum absolute atomic E-state index is 0.472. The first-order chi connectivity index (χ1) is 7.31. The molecule has 0 spiro atoms. The van der Waals surface area contributed by atoms with Gasteiger partial charge >= 0.3 is 35.3 Å². The third-order valence-corrected chi connectivity index (χ3v) is 2.45. The molecule has 1 aliphatic heterocycles. The molecule has 2 rings (SSSR count). The van der Waals surface area contributed by atoms with Gasteiger partial charge in [0.05, 0.1) is 0 Å². The monoisotopic (exact) mass is 427 g/mol. The van der Waals surface area contributed by atoms with Crippen LogP contribution in [0.1, 0.15) is 11.1 Å². The summed E-state index contributed by atoms with van der Waals surface area (Å²) in [5, 5.41) is 3.40. The average Bonchev–Trinajstić information content (AvgIpc) is 2.29. The minimum atomic E-state index is -0.472. The Hall–Kier alpha value is 0.408. The van der Waals surface area contributed by atoms with E-state index in [0.717, 1.165) is 19.5 Å². The Balaban J connectivity index is 0.000000337. The summed E-state index contributed by atoms with van der Waals surface area (Å²) in [4.78, 5) is 0. The molecule has 1 unspecified atom stereocenters. The first-order valence-corrected chi connectivity index (χ1v) is 10.3. The summed E-state index contributed by atoms with van der Waals surface area (Å²) >= 11 is -0.472. The van der Waals surface area contributed by atoms with Gasteiger partial charge in [-0.3, -0.25) is 0 Å². The van der Waals surface area contributed by atoms with Crippen molar-refractivity contribution < 1.29 is 16.5 Å². The molecular weight excluding hydrogens is 414 g/mol. The van der Waals surface area contributed by atoms with Gasteiger partial charge in [-0.05, 0) is 17.5 Å². The van der Waals surface area contributed by atoms with E-state index in [1.165, 1.54) is 11.1 Å². The van der Waals surface area contributed by atoms with Crippen LogP contribution in [0.2, 0.25) is 0 Å². The molecule has 0 saturated carbocycles. The Morgan fingerprint density at radius 2 is 1.93 bits per heavy atom. The van der Waals surface area contributed by atoms with Gasteiger partial charge in [-0.25, -0.2) is 0 Å². The van der Waals surface area contributed by atoms with Gasteiger partial charge in [-0.1, -0.05) is 24.3 Å². The van der Waals surface area contributed by atoms with Crippen LogP contribution in [0.4, 0.5) is 0 Å². The molecule has 0 amide bonds. The molecule has 2 nitrogen and oxygen atoms in total. The van der Waals surface area contributed by atoms with Crippen LogP contribution in [0.5, 0.6) is 0 Å². The van der Waals surface area contributed by atoms with E-state index in [9.17, 15) is 0 Å². The second-order valence-corrected chi connectivity index (χ2v) is 6.61. The van der Waals surface area contributed by atoms with E-state index in [-0.39, 0.29) is 0 Å². The molecule has 1 heterocycles. The van der Waals surface area contributed by atoms with Gasteiger partial charge in [0.15, 0.2) is 0 Å². The summed E-state index contributed by atoms with van der Waals surface area (Å²) in [5.41, 5.74) is 8.47. The molecule has 0 aliphatic carbocycles. The standard InChI is InChI=1S/C10H14N2.2ClH.Pt/c11-6-10-5-8-3-1-2-4-9(8)7-12-10;;;/h1-4,10,12H,5-7,11H2;2*1H;/q;;;+2/p-2. The van der Waals surface area contributed by atoms with Crippen molar-refractivity contribution in [2.75, 3.05) is 6.54 Å². The van der Waals surface area contributed by atoms with Crippen molar-refractivity contribution in [3.63, 3.8) is 0 Å². The Kier molecular flexibility index (Phi) is 6.87. The summed E-state index contributed by atoms with van der Waals surface area (Å²) in [6.07, 6.45) is 1.08. The van der Waals surface area contributed by atoms with Crippen molar-refractivity contribution in [1.82, 2.24) is 5.32 Å². The topological polar surface area (TPSA) is 38.0 Å². The molecule has 0 bridgehead atoms. The predicted octanol–water partition coefficient (Wildman–Crippen LogP) is 2.04. The summed E-state index contributed by atoms with van der Waals surface area (Å²) in [6, 6.07) is 9.02. The third kappa shape index (κ3) is 4.42. The van der Waals surface area contributed by atoms with Gasteiger partial charge in [0.2, 0.25) is 0 Å². The number of nitrogens with one attached hydrogen (secondary N) is 1.